The number of hydrogen-bond donors (Lipinski definition) is 2. The number of aromatic nitrogens is 3. The lowest BCUT2D eigenvalue weighted by Crippen LogP contribution is -2.24. The summed E-state index contributed by atoms with van der Waals surface area (Å²) in [6.45, 7) is 0.694. The fourth-order valence-corrected chi connectivity index (χ4v) is 2.97. The zero-order valence-electron chi connectivity index (χ0n) is 16.4. The van der Waals surface area contributed by atoms with Gasteiger partial charge in [-0.25, -0.2) is 4.68 Å². The van der Waals surface area contributed by atoms with Crippen LogP contribution in [0.2, 0.25) is 0 Å². The number of rotatable bonds is 3. The molecule has 0 saturated carbocycles. The largest absolute Gasteiger partial charge is 0.383 e. The van der Waals surface area contributed by atoms with Gasteiger partial charge in [0.1, 0.15) is 6.10 Å². The van der Waals surface area contributed by atoms with Gasteiger partial charge in [-0.05, 0) is 42.3 Å². The average molecular weight is 403 g/mol. The topological polar surface area (TPSA) is 114 Å². The molecule has 1 fully saturated rings. The van der Waals surface area contributed by atoms with Crippen molar-refractivity contribution in [1.29, 1.82) is 0 Å². The lowest BCUT2D eigenvalue weighted by Gasteiger charge is -2.04. The Hall–Kier alpha value is -3.96. The number of nitrogens with zero attached hydrogens (tertiary/aromatic N) is 4. The lowest BCUT2D eigenvalue weighted by molar-refractivity contribution is -0.133. The molecule has 2 aromatic heterocycles. The number of carbonyl (C=O) groups is 2. The van der Waals surface area contributed by atoms with Gasteiger partial charge in [0.2, 0.25) is 0 Å². The van der Waals surface area contributed by atoms with Crippen LogP contribution >= 0.6 is 0 Å². The van der Waals surface area contributed by atoms with Crippen molar-refractivity contribution in [1.82, 2.24) is 19.7 Å². The van der Waals surface area contributed by atoms with Gasteiger partial charge in [-0.3, -0.25) is 14.6 Å². The number of hydrogen-bond acceptors (Lipinski definition) is 5. The fourth-order valence-electron chi connectivity index (χ4n) is 2.97. The number of aliphatic hydroxyl groups is 1. The van der Waals surface area contributed by atoms with Gasteiger partial charge in [0.15, 0.2) is 5.69 Å². The Morgan fingerprint density at radius 1 is 1.30 bits per heavy atom. The number of aliphatic hydroxyl groups excluding tert-OH is 1. The SMILES string of the molecule is C#Cc1cccc(-n2cc(-c3ccncc3)c(C(N)=O)n2)c1.CN1CCC(O)C1=O. The number of carbonyl (C=O) groups excluding carboxylic acids is 2. The molecule has 1 atom stereocenters. The van der Waals surface area contributed by atoms with Crippen LogP contribution in [0.4, 0.5) is 0 Å². The monoisotopic (exact) mass is 403 g/mol. The highest BCUT2D eigenvalue weighted by molar-refractivity contribution is 5.97. The molecule has 3 N–H and O–H groups in total. The maximum absolute atomic E-state index is 11.7. The quantitative estimate of drug-likeness (QED) is 0.639. The number of nitrogens with two attached hydrogens (primary N) is 1. The van der Waals surface area contributed by atoms with Gasteiger partial charge >= 0.3 is 0 Å². The molecular weight excluding hydrogens is 382 g/mol. The number of likely N-dealkylation sites (N-methyl/N-ethyl adjacent to an activating group) is 1. The zero-order chi connectivity index (χ0) is 21.7. The van der Waals surface area contributed by atoms with E-state index in [0.29, 0.717) is 18.5 Å². The minimum atomic E-state index is -0.722. The predicted molar refractivity (Wildman–Crippen MR) is 112 cm³/mol. The highest BCUT2D eigenvalue weighted by Gasteiger charge is 2.26. The smallest absolute Gasteiger partial charge is 0.269 e. The van der Waals surface area contributed by atoms with Crippen LogP contribution in [0.25, 0.3) is 16.8 Å². The maximum Gasteiger partial charge on any atom is 0.269 e. The molecule has 1 aromatic carbocycles. The van der Waals surface area contributed by atoms with E-state index in [1.165, 1.54) is 4.90 Å². The van der Waals surface area contributed by atoms with E-state index >= 15 is 0 Å². The van der Waals surface area contributed by atoms with Crippen molar-refractivity contribution in [3.05, 3.63) is 66.2 Å². The number of pyridine rings is 1. The Balaban J connectivity index is 0.000000269. The Bertz CT molecular complexity index is 1090. The molecule has 2 amide bonds. The lowest BCUT2D eigenvalue weighted by atomic mass is 10.1. The third-order valence-corrected chi connectivity index (χ3v) is 4.62. The molecule has 1 aliphatic heterocycles. The van der Waals surface area contributed by atoms with Gasteiger partial charge in [0.05, 0.1) is 5.69 Å². The molecule has 8 nitrogen and oxygen atoms in total. The molecular formula is C22H21N5O3. The van der Waals surface area contributed by atoms with Crippen molar-refractivity contribution >= 4 is 11.8 Å². The van der Waals surface area contributed by atoms with Crippen LogP contribution in [0.5, 0.6) is 0 Å². The standard InChI is InChI=1S/C17H12N4O.C5H9NO2/c1-2-12-4-3-5-14(10-12)21-11-15(16(20-21)17(18)22)13-6-8-19-9-7-13;1-6-3-2-4(7)5(6)8/h1,3-11H,(H2,18,22);4,7H,2-3H2,1H3. The third-order valence-electron chi connectivity index (χ3n) is 4.62. The molecule has 8 heteroatoms. The average Bonchev–Trinajstić information content (AvgIpc) is 3.35. The predicted octanol–water partition coefficient (Wildman–Crippen LogP) is 1.22. The van der Waals surface area contributed by atoms with Gasteiger partial charge in [0, 0.05) is 43.3 Å². The second kappa shape index (κ2) is 9.03. The molecule has 0 radical (unpaired) electrons. The Morgan fingerprint density at radius 3 is 2.57 bits per heavy atom. The number of terminal acetylenes is 1. The summed E-state index contributed by atoms with van der Waals surface area (Å²) in [5.41, 5.74) is 8.62. The van der Waals surface area contributed by atoms with Crippen LogP contribution in [0.1, 0.15) is 22.5 Å². The first-order valence-electron chi connectivity index (χ1n) is 9.20. The first kappa shape index (κ1) is 20.8. The van der Waals surface area contributed by atoms with Crippen LogP contribution in [-0.4, -0.2) is 56.3 Å². The fraction of sp³-hybridized carbons (Fsp3) is 0.182. The van der Waals surface area contributed by atoms with Crippen molar-refractivity contribution in [3.63, 3.8) is 0 Å². The van der Waals surface area contributed by atoms with E-state index in [-0.39, 0.29) is 11.6 Å². The van der Waals surface area contributed by atoms with Crippen LogP contribution in [0.15, 0.2) is 55.0 Å². The molecule has 0 spiro atoms. The summed E-state index contributed by atoms with van der Waals surface area (Å²) in [7, 11) is 1.69. The first-order chi connectivity index (χ1) is 14.4. The van der Waals surface area contributed by atoms with Crippen molar-refractivity contribution < 1.29 is 14.7 Å². The Kier molecular flexibility index (Phi) is 6.25. The van der Waals surface area contributed by atoms with E-state index in [4.69, 9.17) is 17.3 Å². The number of likely N-dealkylation sites (tertiary alicyclic amines) is 1. The summed E-state index contributed by atoms with van der Waals surface area (Å²) in [4.78, 5) is 27.7. The molecule has 30 heavy (non-hydrogen) atoms. The summed E-state index contributed by atoms with van der Waals surface area (Å²) < 4.78 is 1.59. The van der Waals surface area contributed by atoms with Gasteiger partial charge in [0.25, 0.3) is 11.8 Å². The van der Waals surface area contributed by atoms with Crippen LogP contribution < -0.4 is 5.73 Å². The molecule has 1 aliphatic rings. The molecule has 152 valence electrons. The molecule has 4 rings (SSSR count). The third kappa shape index (κ3) is 4.54. The zero-order valence-corrected chi connectivity index (χ0v) is 16.4. The van der Waals surface area contributed by atoms with E-state index in [1.54, 1.807) is 42.5 Å². The van der Waals surface area contributed by atoms with Crippen LogP contribution in [0, 0.1) is 12.3 Å². The van der Waals surface area contributed by atoms with Gasteiger partial charge in [-0.1, -0.05) is 12.0 Å². The normalized spacial score (nSPS) is 15.3. The molecule has 0 bridgehead atoms. The second-order valence-electron chi connectivity index (χ2n) is 6.70. The van der Waals surface area contributed by atoms with Crippen molar-refractivity contribution in [2.75, 3.05) is 13.6 Å². The molecule has 3 heterocycles. The minimum Gasteiger partial charge on any atom is -0.383 e. The molecule has 0 aliphatic carbocycles. The van der Waals surface area contributed by atoms with Gasteiger partial charge in [-0.2, -0.15) is 5.10 Å². The second-order valence-corrected chi connectivity index (χ2v) is 6.70. The van der Waals surface area contributed by atoms with E-state index in [0.717, 1.165) is 16.8 Å². The van der Waals surface area contributed by atoms with Crippen molar-refractivity contribution in [3.8, 4) is 29.2 Å². The highest BCUT2D eigenvalue weighted by atomic mass is 16.3. The van der Waals surface area contributed by atoms with E-state index in [1.807, 2.05) is 24.3 Å². The number of primary amides is 1. The van der Waals surface area contributed by atoms with Crippen molar-refractivity contribution in [2.45, 2.75) is 12.5 Å². The summed E-state index contributed by atoms with van der Waals surface area (Å²) in [5, 5.41) is 13.1. The van der Waals surface area contributed by atoms with E-state index in [9.17, 15) is 9.59 Å². The highest BCUT2D eigenvalue weighted by Crippen LogP contribution is 2.24. The summed E-state index contributed by atoms with van der Waals surface area (Å²) in [6.07, 6.45) is 10.3. The first-order valence-corrected chi connectivity index (χ1v) is 9.20. The van der Waals surface area contributed by atoms with Gasteiger partial charge in [-0.15, -0.1) is 6.42 Å². The Labute approximate surface area is 174 Å². The molecule has 1 saturated heterocycles. The van der Waals surface area contributed by atoms with Crippen LogP contribution in [-0.2, 0) is 4.79 Å². The van der Waals surface area contributed by atoms with Gasteiger partial charge < -0.3 is 15.7 Å². The van der Waals surface area contributed by atoms with Crippen LogP contribution in [0.3, 0.4) is 0 Å². The maximum atomic E-state index is 11.7. The minimum absolute atomic E-state index is 0.148. The number of amides is 2. The number of benzene rings is 1. The Morgan fingerprint density at radius 2 is 2.03 bits per heavy atom. The summed E-state index contributed by atoms with van der Waals surface area (Å²) >= 11 is 0. The molecule has 3 aromatic rings. The molecule has 1 unspecified atom stereocenters. The van der Waals surface area contributed by atoms with E-state index in [2.05, 4.69) is 16.0 Å². The summed E-state index contributed by atoms with van der Waals surface area (Å²) in [6, 6.07) is 10.9. The van der Waals surface area contributed by atoms with E-state index < -0.39 is 12.0 Å². The van der Waals surface area contributed by atoms with Crippen molar-refractivity contribution in [2.24, 2.45) is 5.73 Å². The summed E-state index contributed by atoms with van der Waals surface area (Å²) in [5.74, 6) is 1.84.